The molecule has 0 aliphatic carbocycles. The zero-order valence-corrected chi connectivity index (χ0v) is 15.1. The molecule has 1 aliphatic heterocycles. The number of esters is 1. The van der Waals surface area contributed by atoms with Crippen molar-refractivity contribution < 1.29 is 14.3 Å². The van der Waals surface area contributed by atoms with Crippen molar-refractivity contribution in [1.29, 1.82) is 0 Å². The molecule has 9 heteroatoms. The van der Waals surface area contributed by atoms with Crippen LogP contribution in [0, 0.1) is 0 Å². The van der Waals surface area contributed by atoms with Crippen LogP contribution in [0.4, 0.5) is 5.69 Å². The van der Waals surface area contributed by atoms with Crippen molar-refractivity contribution in [1.82, 2.24) is 20.0 Å². The fourth-order valence-electron chi connectivity index (χ4n) is 2.70. The van der Waals surface area contributed by atoms with E-state index < -0.39 is 0 Å². The maximum absolute atomic E-state index is 12.4. The third-order valence-corrected chi connectivity index (χ3v) is 4.05. The van der Waals surface area contributed by atoms with Gasteiger partial charge < -0.3 is 19.9 Å². The summed E-state index contributed by atoms with van der Waals surface area (Å²) in [5.41, 5.74) is 0.818. The number of aromatic nitrogens is 2. The largest absolute Gasteiger partial charge is 0.469 e. The molecular weight excluding hydrogens is 324 g/mol. The molecule has 1 fully saturated rings. The number of aliphatic imine (C=N–C) groups is 1. The Kier molecular flexibility index (Phi) is 6.79. The van der Waals surface area contributed by atoms with Crippen molar-refractivity contribution in [2.24, 2.45) is 12.0 Å². The highest BCUT2D eigenvalue weighted by molar-refractivity contribution is 5.98. The molecule has 1 N–H and O–H groups in total. The third-order valence-electron chi connectivity index (χ3n) is 4.05. The van der Waals surface area contributed by atoms with Crippen LogP contribution >= 0.6 is 0 Å². The van der Waals surface area contributed by atoms with Crippen molar-refractivity contribution in [3.05, 3.63) is 12.4 Å². The number of carbonyl (C=O) groups excluding carboxylic acids is 2. The lowest BCUT2D eigenvalue weighted by atomic mass is 10.2. The Morgan fingerprint density at radius 2 is 2.20 bits per heavy atom. The second kappa shape index (κ2) is 9.05. The van der Waals surface area contributed by atoms with E-state index in [0.29, 0.717) is 32.0 Å². The Labute approximate surface area is 147 Å². The summed E-state index contributed by atoms with van der Waals surface area (Å²) in [5.74, 6) is 0.534. The van der Waals surface area contributed by atoms with Gasteiger partial charge in [0.15, 0.2) is 5.96 Å². The summed E-state index contributed by atoms with van der Waals surface area (Å²) in [6.07, 6.45) is 5.53. The summed E-state index contributed by atoms with van der Waals surface area (Å²) in [6, 6.07) is 0. The first-order valence-electron chi connectivity index (χ1n) is 8.36. The van der Waals surface area contributed by atoms with Crippen molar-refractivity contribution in [3.8, 4) is 0 Å². The number of anilines is 1. The number of nitrogens with zero attached hydrogens (tertiary/aromatic N) is 5. The molecule has 0 spiro atoms. The normalized spacial score (nSPS) is 15.5. The van der Waals surface area contributed by atoms with E-state index in [-0.39, 0.29) is 18.4 Å². The minimum Gasteiger partial charge on any atom is -0.469 e. The average molecular weight is 350 g/mol. The summed E-state index contributed by atoms with van der Waals surface area (Å²) >= 11 is 0. The van der Waals surface area contributed by atoms with Crippen LogP contribution in [-0.2, 0) is 21.4 Å². The second-order valence-corrected chi connectivity index (χ2v) is 5.85. The average Bonchev–Trinajstić information content (AvgIpc) is 3.03. The minimum atomic E-state index is -0.193. The molecule has 1 saturated heterocycles. The van der Waals surface area contributed by atoms with Gasteiger partial charge in [0.05, 0.1) is 19.0 Å². The lowest BCUT2D eigenvalue weighted by molar-refractivity contribution is -0.140. The van der Waals surface area contributed by atoms with Crippen LogP contribution in [0.2, 0.25) is 0 Å². The van der Waals surface area contributed by atoms with E-state index in [2.05, 4.69) is 20.1 Å². The molecule has 9 nitrogen and oxygen atoms in total. The number of amides is 1. The molecule has 1 aromatic rings. The molecule has 0 unspecified atom stereocenters. The zero-order valence-electron chi connectivity index (χ0n) is 15.1. The maximum Gasteiger partial charge on any atom is 0.305 e. The number of hydrogen-bond acceptors (Lipinski definition) is 5. The molecule has 0 bridgehead atoms. The molecule has 0 radical (unpaired) electrons. The number of ether oxygens (including phenoxy) is 1. The van der Waals surface area contributed by atoms with Crippen molar-refractivity contribution in [2.75, 3.05) is 45.2 Å². The predicted octanol–water partition coefficient (Wildman–Crippen LogP) is -0.0126. The SMILES string of the molecule is CN=C(NCCCCC(=O)OC)N1CCN(c2cnn(C)c2)C(=O)C1. The van der Waals surface area contributed by atoms with Gasteiger partial charge in [-0.3, -0.25) is 19.3 Å². The Morgan fingerprint density at radius 3 is 2.80 bits per heavy atom. The fraction of sp³-hybridized carbons (Fsp3) is 0.625. The van der Waals surface area contributed by atoms with Gasteiger partial charge in [0, 0.05) is 46.3 Å². The van der Waals surface area contributed by atoms with Crippen LogP contribution in [0.25, 0.3) is 0 Å². The third kappa shape index (κ3) is 5.20. The maximum atomic E-state index is 12.4. The Morgan fingerprint density at radius 1 is 1.40 bits per heavy atom. The van der Waals surface area contributed by atoms with Crippen LogP contribution in [-0.4, -0.2) is 72.9 Å². The van der Waals surface area contributed by atoms with Gasteiger partial charge in [0.25, 0.3) is 0 Å². The van der Waals surface area contributed by atoms with Crippen LogP contribution < -0.4 is 10.2 Å². The summed E-state index contributed by atoms with van der Waals surface area (Å²) < 4.78 is 6.30. The van der Waals surface area contributed by atoms with E-state index in [4.69, 9.17) is 0 Å². The topological polar surface area (TPSA) is 92.1 Å². The van der Waals surface area contributed by atoms with E-state index >= 15 is 0 Å². The van der Waals surface area contributed by atoms with Crippen molar-refractivity contribution >= 4 is 23.5 Å². The molecule has 1 aromatic heterocycles. The molecule has 2 heterocycles. The van der Waals surface area contributed by atoms with Crippen LogP contribution in [0.15, 0.2) is 17.4 Å². The van der Waals surface area contributed by atoms with Gasteiger partial charge in [0.2, 0.25) is 5.91 Å². The number of carbonyl (C=O) groups is 2. The van der Waals surface area contributed by atoms with Gasteiger partial charge in [-0.05, 0) is 12.8 Å². The van der Waals surface area contributed by atoms with Gasteiger partial charge >= 0.3 is 5.97 Å². The molecule has 1 amide bonds. The molecule has 25 heavy (non-hydrogen) atoms. The van der Waals surface area contributed by atoms with Crippen molar-refractivity contribution in [2.45, 2.75) is 19.3 Å². The number of nitrogens with one attached hydrogen (secondary N) is 1. The van der Waals surface area contributed by atoms with Gasteiger partial charge in [0.1, 0.15) is 6.54 Å². The number of guanidine groups is 1. The highest BCUT2D eigenvalue weighted by atomic mass is 16.5. The number of piperazine rings is 1. The van der Waals surface area contributed by atoms with E-state index in [1.165, 1.54) is 7.11 Å². The summed E-state index contributed by atoms with van der Waals surface area (Å²) in [7, 11) is 4.93. The van der Waals surface area contributed by atoms with Crippen LogP contribution in [0.5, 0.6) is 0 Å². The molecule has 2 rings (SSSR count). The highest BCUT2D eigenvalue weighted by Gasteiger charge is 2.27. The highest BCUT2D eigenvalue weighted by Crippen LogP contribution is 2.16. The smallest absolute Gasteiger partial charge is 0.305 e. The van der Waals surface area contributed by atoms with E-state index in [9.17, 15) is 9.59 Å². The molecule has 1 aliphatic rings. The number of aryl methyl sites for hydroxylation is 1. The van der Waals surface area contributed by atoms with Crippen LogP contribution in [0.1, 0.15) is 19.3 Å². The second-order valence-electron chi connectivity index (χ2n) is 5.85. The molecule has 0 atom stereocenters. The molecule has 0 aromatic carbocycles. The standard InChI is InChI=1S/C16H26N6O3/c1-17-16(18-7-5-4-6-15(24)25-3)21-8-9-22(14(23)12-21)13-10-19-20(2)11-13/h10-11H,4-9,12H2,1-3H3,(H,17,18). The predicted molar refractivity (Wildman–Crippen MR) is 94.4 cm³/mol. The van der Waals surface area contributed by atoms with E-state index in [1.54, 1.807) is 22.8 Å². The van der Waals surface area contributed by atoms with E-state index in [0.717, 1.165) is 18.5 Å². The van der Waals surface area contributed by atoms with Crippen LogP contribution in [0.3, 0.4) is 0 Å². The van der Waals surface area contributed by atoms with E-state index in [1.807, 2.05) is 18.1 Å². The molecular formula is C16H26N6O3. The first kappa shape index (κ1) is 18.8. The van der Waals surface area contributed by atoms with Gasteiger partial charge in [-0.25, -0.2) is 0 Å². The molecule has 138 valence electrons. The number of methoxy groups -OCH3 is 1. The van der Waals surface area contributed by atoms with Gasteiger partial charge in [-0.2, -0.15) is 5.10 Å². The molecule has 0 saturated carbocycles. The summed E-state index contributed by atoms with van der Waals surface area (Å²) in [5, 5.41) is 7.36. The zero-order chi connectivity index (χ0) is 18.2. The summed E-state index contributed by atoms with van der Waals surface area (Å²) in [4.78, 5) is 31.4. The number of rotatable bonds is 6. The van der Waals surface area contributed by atoms with Crippen molar-refractivity contribution in [3.63, 3.8) is 0 Å². The minimum absolute atomic E-state index is 0.0212. The Hall–Kier alpha value is -2.58. The quantitative estimate of drug-likeness (QED) is 0.336. The number of unbranched alkanes of at least 4 members (excludes halogenated alkanes) is 1. The monoisotopic (exact) mass is 350 g/mol. The first-order chi connectivity index (χ1) is 12.0. The van der Waals surface area contributed by atoms with Gasteiger partial charge in [-0.1, -0.05) is 0 Å². The first-order valence-corrected chi connectivity index (χ1v) is 8.36. The van der Waals surface area contributed by atoms with Gasteiger partial charge in [-0.15, -0.1) is 0 Å². The fourth-order valence-corrected chi connectivity index (χ4v) is 2.70. The number of hydrogen-bond donors (Lipinski definition) is 1. The Bertz CT molecular complexity index is 627. The Balaban J connectivity index is 1.79. The lowest BCUT2D eigenvalue weighted by Gasteiger charge is -2.35. The lowest BCUT2D eigenvalue weighted by Crippen LogP contribution is -2.55. The summed E-state index contributed by atoms with van der Waals surface area (Å²) in [6.45, 7) is 2.26.